The maximum atomic E-state index is 11.8. The summed E-state index contributed by atoms with van der Waals surface area (Å²) in [6.07, 6.45) is 1.90. The minimum atomic E-state index is -0.554. The molecule has 1 N–H and O–H groups in total. The molecule has 30 heavy (non-hydrogen) atoms. The minimum absolute atomic E-state index is 0.0155. The number of ether oxygens (including phenoxy) is 1. The van der Waals surface area contributed by atoms with Crippen molar-refractivity contribution >= 4 is 29.2 Å². The number of phenols is 1. The molecule has 3 rings (SSSR count). The van der Waals surface area contributed by atoms with Crippen molar-refractivity contribution in [3.8, 4) is 11.5 Å². The molecule has 2 aromatic carbocycles. The fourth-order valence-electron chi connectivity index (χ4n) is 3.30. The average Bonchev–Trinajstić information content (AvgIpc) is 2.78. The summed E-state index contributed by atoms with van der Waals surface area (Å²) in [5.41, 5.74) is 1.69. The molecule has 9 heteroatoms. The standard InChI is InChI=1S/C21H24N4O5/c1-3-20(26)24-10-8-23(9-11-24)17-6-4-16(5-7-17)22-14-15-12-18(25(28)29)13-19(30-2)21(15)27/h4-7,12-14,27H,3,8-11H2,1-2H3. The number of carbonyl (C=O) groups is 1. The second-order valence-corrected chi connectivity index (χ2v) is 6.84. The largest absolute Gasteiger partial charge is 0.504 e. The fourth-order valence-corrected chi connectivity index (χ4v) is 3.30. The van der Waals surface area contributed by atoms with Crippen LogP contribution in [-0.2, 0) is 4.79 Å². The molecule has 158 valence electrons. The van der Waals surface area contributed by atoms with E-state index in [-0.39, 0.29) is 28.7 Å². The van der Waals surface area contributed by atoms with Crippen LogP contribution in [0.2, 0.25) is 0 Å². The molecule has 0 unspecified atom stereocenters. The van der Waals surface area contributed by atoms with Crippen LogP contribution in [0.4, 0.5) is 17.1 Å². The van der Waals surface area contributed by atoms with E-state index < -0.39 is 4.92 Å². The maximum absolute atomic E-state index is 11.8. The Morgan fingerprint density at radius 2 is 1.90 bits per heavy atom. The van der Waals surface area contributed by atoms with E-state index in [0.717, 1.165) is 24.8 Å². The normalized spacial score (nSPS) is 14.2. The lowest BCUT2D eigenvalue weighted by Gasteiger charge is -2.36. The van der Waals surface area contributed by atoms with Gasteiger partial charge in [0, 0.05) is 56.1 Å². The number of nitro benzene ring substituents is 1. The molecule has 0 saturated carbocycles. The van der Waals surface area contributed by atoms with Crippen LogP contribution in [0, 0.1) is 10.1 Å². The summed E-state index contributed by atoms with van der Waals surface area (Å²) in [7, 11) is 1.33. The number of methoxy groups -OCH3 is 1. The highest BCUT2D eigenvalue weighted by atomic mass is 16.6. The van der Waals surface area contributed by atoms with Crippen LogP contribution >= 0.6 is 0 Å². The lowest BCUT2D eigenvalue weighted by atomic mass is 10.1. The topological polar surface area (TPSA) is 109 Å². The number of aromatic hydroxyl groups is 1. The highest BCUT2D eigenvalue weighted by molar-refractivity contribution is 5.88. The summed E-state index contributed by atoms with van der Waals surface area (Å²) in [4.78, 5) is 30.7. The Bertz CT molecular complexity index is 951. The molecule has 1 fully saturated rings. The number of piperazine rings is 1. The predicted octanol–water partition coefficient (Wildman–Crippen LogP) is 3.12. The van der Waals surface area contributed by atoms with E-state index in [9.17, 15) is 20.0 Å². The van der Waals surface area contributed by atoms with Gasteiger partial charge in [0.2, 0.25) is 5.91 Å². The number of hydrogen-bond acceptors (Lipinski definition) is 7. The summed E-state index contributed by atoms with van der Waals surface area (Å²) in [6, 6.07) is 9.96. The highest BCUT2D eigenvalue weighted by Crippen LogP contribution is 2.34. The Morgan fingerprint density at radius 3 is 2.47 bits per heavy atom. The number of nitrogens with zero attached hydrogens (tertiary/aromatic N) is 4. The van der Waals surface area contributed by atoms with Gasteiger partial charge in [0.05, 0.1) is 23.8 Å². The lowest BCUT2D eigenvalue weighted by Crippen LogP contribution is -2.48. The molecule has 1 aliphatic rings. The molecule has 1 saturated heterocycles. The van der Waals surface area contributed by atoms with Crippen molar-refractivity contribution in [3.05, 3.63) is 52.1 Å². The molecular formula is C21H24N4O5. The summed E-state index contributed by atoms with van der Waals surface area (Å²) in [5, 5.41) is 21.3. The zero-order valence-corrected chi connectivity index (χ0v) is 16.9. The molecule has 1 aliphatic heterocycles. The fraction of sp³-hybridized carbons (Fsp3) is 0.333. The van der Waals surface area contributed by atoms with Crippen LogP contribution in [0.25, 0.3) is 0 Å². The Morgan fingerprint density at radius 1 is 1.23 bits per heavy atom. The molecule has 0 bridgehead atoms. The number of benzene rings is 2. The smallest absolute Gasteiger partial charge is 0.274 e. The third kappa shape index (κ3) is 4.68. The van der Waals surface area contributed by atoms with E-state index in [2.05, 4.69) is 9.89 Å². The van der Waals surface area contributed by atoms with Crippen molar-refractivity contribution in [3.63, 3.8) is 0 Å². The van der Waals surface area contributed by atoms with Gasteiger partial charge in [-0.1, -0.05) is 6.92 Å². The number of anilines is 1. The summed E-state index contributed by atoms with van der Waals surface area (Å²) < 4.78 is 4.99. The number of rotatable bonds is 6. The van der Waals surface area contributed by atoms with Gasteiger partial charge >= 0.3 is 0 Å². The van der Waals surface area contributed by atoms with Crippen molar-refractivity contribution in [1.29, 1.82) is 0 Å². The van der Waals surface area contributed by atoms with Gasteiger partial charge < -0.3 is 19.6 Å². The van der Waals surface area contributed by atoms with Gasteiger partial charge in [0.1, 0.15) is 0 Å². The van der Waals surface area contributed by atoms with Crippen molar-refractivity contribution in [1.82, 2.24) is 4.90 Å². The Balaban J connectivity index is 1.71. The number of nitro groups is 1. The SMILES string of the molecule is CCC(=O)N1CCN(c2ccc(N=Cc3cc([N+](=O)[O-])cc(OC)c3O)cc2)CC1. The molecule has 0 aliphatic carbocycles. The van der Waals surface area contributed by atoms with Crippen molar-refractivity contribution in [2.24, 2.45) is 4.99 Å². The highest BCUT2D eigenvalue weighted by Gasteiger charge is 2.20. The van der Waals surface area contributed by atoms with Gasteiger partial charge in [0.15, 0.2) is 11.5 Å². The van der Waals surface area contributed by atoms with Crippen LogP contribution < -0.4 is 9.64 Å². The monoisotopic (exact) mass is 412 g/mol. The van der Waals surface area contributed by atoms with Gasteiger partial charge in [-0.15, -0.1) is 0 Å². The van der Waals surface area contributed by atoms with E-state index in [4.69, 9.17) is 4.74 Å². The van der Waals surface area contributed by atoms with Gasteiger partial charge in [-0.05, 0) is 24.3 Å². The number of phenolic OH excluding ortho intramolecular Hbond substituents is 1. The van der Waals surface area contributed by atoms with Crippen molar-refractivity contribution in [2.45, 2.75) is 13.3 Å². The van der Waals surface area contributed by atoms with Gasteiger partial charge in [-0.2, -0.15) is 0 Å². The zero-order valence-electron chi connectivity index (χ0n) is 16.9. The molecular weight excluding hydrogens is 388 g/mol. The van der Waals surface area contributed by atoms with Gasteiger partial charge in [-0.3, -0.25) is 19.9 Å². The molecule has 0 aromatic heterocycles. The summed E-state index contributed by atoms with van der Waals surface area (Å²) >= 11 is 0. The molecule has 2 aromatic rings. The van der Waals surface area contributed by atoms with Crippen LogP contribution in [0.3, 0.4) is 0 Å². The Hall–Kier alpha value is -3.62. The van der Waals surface area contributed by atoms with Crippen LogP contribution in [0.15, 0.2) is 41.4 Å². The number of carbonyl (C=O) groups excluding carboxylic acids is 1. The first-order valence-corrected chi connectivity index (χ1v) is 9.65. The number of amides is 1. The Labute approximate surface area is 174 Å². The third-order valence-electron chi connectivity index (χ3n) is 5.02. The van der Waals surface area contributed by atoms with E-state index in [1.807, 2.05) is 36.1 Å². The van der Waals surface area contributed by atoms with Crippen LogP contribution in [-0.4, -0.2) is 60.3 Å². The number of non-ortho nitro benzene ring substituents is 1. The first kappa shape index (κ1) is 21.1. The molecule has 0 radical (unpaired) electrons. The second-order valence-electron chi connectivity index (χ2n) is 6.84. The maximum Gasteiger partial charge on any atom is 0.274 e. The molecule has 9 nitrogen and oxygen atoms in total. The minimum Gasteiger partial charge on any atom is -0.504 e. The van der Waals surface area contributed by atoms with Gasteiger partial charge in [0.25, 0.3) is 5.69 Å². The van der Waals surface area contributed by atoms with Crippen LogP contribution in [0.5, 0.6) is 11.5 Å². The molecule has 1 heterocycles. The number of hydrogen-bond donors (Lipinski definition) is 1. The van der Waals surface area contributed by atoms with Gasteiger partial charge in [-0.25, -0.2) is 0 Å². The van der Waals surface area contributed by atoms with E-state index >= 15 is 0 Å². The first-order valence-electron chi connectivity index (χ1n) is 9.65. The summed E-state index contributed by atoms with van der Waals surface area (Å²) in [6.45, 7) is 4.84. The van der Waals surface area contributed by atoms with E-state index in [1.165, 1.54) is 19.4 Å². The first-order chi connectivity index (χ1) is 14.4. The summed E-state index contributed by atoms with van der Waals surface area (Å²) in [5.74, 6) is -0.00923. The lowest BCUT2D eigenvalue weighted by molar-refractivity contribution is -0.385. The quantitative estimate of drug-likeness (QED) is 0.444. The third-order valence-corrected chi connectivity index (χ3v) is 5.02. The molecule has 0 spiro atoms. The zero-order chi connectivity index (χ0) is 21.7. The average molecular weight is 412 g/mol. The second kappa shape index (κ2) is 9.25. The molecule has 0 atom stereocenters. The number of aliphatic imine (C=N–C) groups is 1. The van der Waals surface area contributed by atoms with E-state index in [0.29, 0.717) is 25.2 Å². The van der Waals surface area contributed by atoms with Crippen molar-refractivity contribution in [2.75, 3.05) is 38.2 Å². The van der Waals surface area contributed by atoms with E-state index in [1.54, 1.807) is 0 Å². The predicted molar refractivity (Wildman–Crippen MR) is 114 cm³/mol. The van der Waals surface area contributed by atoms with Crippen LogP contribution in [0.1, 0.15) is 18.9 Å². The van der Waals surface area contributed by atoms with Crippen molar-refractivity contribution < 1.29 is 19.6 Å². The molecule has 1 amide bonds. The Kier molecular flexibility index (Phi) is 6.51.